The molecule has 0 bridgehead atoms. The van der Waals surface area contributed by atoms with Crippen molar-refractivity contribution in [1.82, 2.24) is 9.78 Å². The van der Waals surface area contributed by atoms with E-state index in [0.717, 1.165) is 12.8 Å². The van der Waals surface area contributed by atoms with E-state index in [1.54, 1.807) is 6.20 Å². The van der Waals surface area contributed by atoms with Crippen molar-refractivity contribution in [2.45, 2.75) is 32.7 Å². The number of hydrogen-bond donors (Lipinski definition) is 2. The van der Waals surface area contributed by atoms with Crippen molar-refractivity contribution in [3.05, 3.63) is 21.6 Å². The summed E-state index contributed by atoms with van der Waals surface area (Å²) >= 11 is 6.04. The summed E-state index contributed by atoms with van der Waals surface area (Å²) in [7, 11) is 0. The first-order chi connectivity index (χ1) is 8.49. The lowest BCUT2D eigenvalue weighted by molar-refractivity contribution is 0.220. The van der Waals surface area contributed by atoms with Gasteiger partial charge in [-0.15, -0.1) is 0 Å². The number of hydrogen-bond acceptors (Lipinski definition) is 4. The van der Waals surface area contributed by atoms with Gasteiger partial charge in [0.2, 0.25) is 0 Å². The molecule has 5 nitrogen and oxygen atoms in total. The standard InChI is InChI=1S/C12H18ClN3O2/c1-8(2)16-11(18)10(13)9(5-15-16)14-6-12(7-17)3-4-12/h5,8,14,17H,3-4,6-7H2,1-2H3. The Morgan fingerprint density at radius 3 is 2.78 bits per heavy atom. The minimum absolute atomic E-state index is 0.0173. The number of aliphatic hydroxyl groups excluding tert-OH is 1. The fourth-order valence-corrected chi connectivity index (χ4v) is 1.99. The molecule has 18 heavy (non-hydrogen) atoms. The second kappa shape index (κ2) is 4.90. The fraction of sp³-hybridized carbons (Fsp3) is 0.667. The SMILES string of the molecule is CC(C)n1ncc(NCC2(CO)CC2)c(Cl)c1=O. The van der Waals surface area contributed by atoms with Crippen LogP contribution in [0.5, 0.6) is 0 Å². The van der Waals surface area contributed by atoms with Gasteiger partial charge in [-0.1, -0.05) is 11.6 Å². The molecule has 0 radical (unpaired) electrons. The van der Waals surface area contributed by atoms with E-state index in [2.05, 4.69) is 10.4 Å². The normalized spacial score (nSPS) is 16.9. The molecule has 1 aromatic heterocycles. The summed E-state index contributed by atoms with van der Waals surface area (Å²) < 4.78 is 1.35. The monoisotopic (exact) mass is 271 g/mol. The molecule has 1 aliphatic carbocycles. The third-order valence-electron chi connectivity index (χ3n) is 3.38. The topological polar surface area (TPSA) is 67.2 Å². The Morgan fingerprint density at radius 1 is 1.61 bits per heavy atom. The summed E-state index contributed by atoms with van der Waals surface area (Å²) in [5, 5.41) is 16.6. The Kier molecular flexibility index (Phi) is 3.64. The molecule has 0 unspecified atom stereocenters. The predicted molar refractivity (Wildman–Crippen MR) is 71.1 cm³/mol. The molecular formula is C12H18ClN3O2. The molecule has 2 rings (SSSR count). The summed E-state index contributed by atoms with van der Waals surface area (Å²) in [5.74, 6) is 0. The molecule has 0 spiro atoms. The van der Waals surface area contributed by atoms with Crippen LogP contribution in [0, 0.1) is 5.41 Å². The lowest BCUT2D eigenvalue weighted by Gasteiger charge is -2.15. The Bertz CT molecular complexity index is 495. The highest BCUT2D eigenvalue weighted by molar-refractivity contribution is 6.32. The van der Waals surface area contributed by atoms with Crippen molar-refractivity contribution in [1.29, 1.82) is 0 Å². The van der Waals surface area contributed by atoms with Crippen molar-refractivity contribution in [3.63, 3.8) is 0 Å². The maximum Gasteiger partial charge on any atom is 0.287 e. The molecule has 0 aliphatic heterocycles. The number of nitrogens with zero attached hydrogens (tertiary/aromatic N) is 2. The summed E-state index contributed by atoms with van der Waals surface area (Å²) in [5.41, 5.74) is 0.222. The maximum atomic E-state index is 11.9. The van der Waals surface area contributed by atoms with Crippen molar-refractivity contribution < 1.29 is 5.11 Å². The average Bonchev–Trinajstić information content (AvgIpc) is 3.11. The van der Waals surface area contributed by atoms with Gasteiger partial charge in [-0.3, -0.25) is 4.79 Å². The van der Waals surface area contributed by atoms with Crippen molar-refractivity contribution in [3.8, 4) is 0 Å². The molecule has 0 saturated heterocycles. The van der Waals surface area contributed by atoms with E-state index < -0.39 is 0 Å². The van der Waals surface area contributed by atoms with Crippen LogP contribution in [0.4, 0.5) is 5.69 Å². The van der Waals surface area contributed by atoms with Gasteiger partial charge in [0.1, 0.15) is 5.02 Å². The summed E-state index contributed by atoms with van der Waals surface area (Å²) in [6.07, 6.45) is 3.58. The summed E-state index contributed by atoms with van der Waals surface area (Å²) in [4.78, 5) is 11.9. The molecule has 1 saturated carbocycles. The van der Waals surface area contributed by atoms with Crippen molar-refractivity contribution in [2.24, 2.45) is 5.41 Å². The highest BCUT2D eigenvalue weighted by atomic mass is 35.5. The van der Waals surface area contributed by atoms with E-state index in [1.165, 1.54) is 4.68 Å². The number of rotatable bonds is 5. The predicted octanol–water partition coefficient (Wildman–Crippen LogP) is 1.66. The van der Waals surface area contributed by atoms with E-state index in [1.807, 2.05) is 13.8 Å². The van der Waals surface area contributed by atoms with Crippen molar-refractivity contribution >= 4 is 17.3 Å². The van der Waals surface area contributed by atoms with Gasteiger partial charge < -0.3 is 10.4 Å². The lowest BCUT2D eigenvalue weighted by Crippen LogP contribution is -2.27. The molecular weight excluding hydrogens is 254 g/mol. The van der Waals surface area contributed by atoms with Gasteiger partial charge in [-0.25, -0.2) is 4.68 Å². The van der Waals surface area contributed by atoms with Gasteiger partial charge in [0.15, 0.2) is 0 Å². The van der Waals surface area contributed by atoms with E-state index in [9.17, 15) is 9.90 Å². The Hall–Kier alpha value is -1.07. The highest BCUT2D eigenvalue weighted by Crippen LogP contribution is 2.45. The first kappa shape index (κ1) is 13.4. The molecule has 1 fully saturated rings. The second-order valence-corrected chi connectivity index (χ2v) is 5.61. The van der Waals surface area contributed by atoms with Crippen LogP contribution in [0.15, 0.2) is 11.0 Å². The zero-order chi connectivity index (χ0) is 13.3. The molecule has 2 N–H and O–H groups in total. The quantitative estimate of drug-likeness (QED) is 0.855. The van der Waals surface area contributed by atoms with Gasteiger partial charge in [-0.2, -0.15) is 5.10 Å². The first-order valence-corrected chi connectivity index (χ1v) is 6.49. The van der Waals surface area contributed by atoms with E-state index >= 15 is 0 Å². The smallest absolute Gasteiger partial charge is 0.287 e. The molecule has 0 amide bonds. The molecule has 1 aliphatic rings. The van der Waals surface area contributed by atoms with E-state index in [-0.39, 0.29) is 28.6 Å². The van der Waals surface area contributed by atoms with Crippen LogP contribution >= 0.6 is 11.6 Å². The maximum absolute atomic E-state index is 11.9. The minimum atomic E-state index is -0.287. The van der Waals surface area contributed by atoms with Gasteiger partial charge in [0.25, 0.3) is 5.56 Å². The van der Waals surface area contributed by atoms with Gasteiger partial charge in [-0.05, 0) is 26.7 Å². The number of halogens is 1. The Labute approximate surface area is 111 Å². The Balaban J connectivity index is 2.15. The first-order valence-electron chi connectivity index (χ1n) is 6.11. The number of nitrogens with one attached hydrogen (secondary N) is 1. The minimum Gasteiger partial charge on any atom is -0.396 e. The van der Waals surface area contributed by atoms with Gasteiger partial charge >= 0.3 is 0 Å². The molecule has 1 aromatic rings. The third-order valence-corrected chi connectivity index (χ3v) is 3.74. The average molecular weight is 272 g/mol. The number of aliphatic hydroxyl groups is 1. The second-order valence-electron chi connectivity index (χ2n) is 5.23. The van der Waals surface area contributed by atoms with E-state index in [4.69, 9.17) is 11.6 Å². The van der Waals surface area contributed by atoms with Gasteiger partial charge in [0.05, 0.1) is 24.5 Å². The third kappa shape index (κ3) is 2.52. The number of aromatic nitrogens is 2. The van der Waals surface area contributed by atoms with Crippen molar-refractivity contribution in [2.75, 3.05) is 18.5 Å². The summed E-state index contributed by atoms with van der Waals surface area (Å²) in [6, 6.07) is -0.0173. The summed E-state index contributed by atoms with van der Waals surface area (Å²) in [6.45, 7) is 4.54. The largest absolute Gasteiger partial charge is 0.396 e. The van der Waals surface area contributed by atoms with Crippen LogP contribution < -0.4 is 10.9 Å². The van der Waals surface area contributed by atoms with Crippen LogP contribution in [0.1, 0.15) is 32.7 Å². The zero-order valence-electron chi connectivity index (χ0n) is 10.6. The van der Waals surface area contributed by atoms with Crippen LogP contribution in [0.25, 0.3) is 0 Å². The fourth-order valence-electron chi connectivity index (χ4n) is 1.79. The molecule has 1 heterocycles. The molecule has 0 aromatic carbocycles. The van der Waals surface area contributed by atoms with E-state index in [0.29, 0.717) is 12.2 Å². The highest BCUT2D eigenvalue weighted by Gasteiger charge is 2.41. The van der Waals surface area contributed by atoms with Crippen LogP contribution in [-0.4, -0.2) is 28.0 Å². The molecule has 6 heteroatoms. The van der Waals surface area contributed by atoms with Crippen LogP contribution in [0.3, 0.4) is 0 Å². The number of anilines is 1. The van der Waals surface area contributed by atoms with Crippen LogP contribution in [-0.2, 0) is 0 Å². The molecule has 100 valence electrons. The van der Waals surface area contributed by atoms with Crippen LogP contribution in [0.2, 0.25) is 5.02 Å². The lowest BCUT2D eigenvalue weighted by atomic mass is 10.1. The van der Waals surface area contributed by atoms with Gasteiger partial charge in [0, 0.05) is 12.0 Å². The zero-order valence-corrected chi connectivity index (χ0v) is 11.4. The Morgan fingerprint density at radius 2 is 2.28 bits per heavy atom. The molecule has 0 atom stereocenters.